The van der Waals surface area contributed by atoms with Crippen molar-refractivity contribution in [3.8, 4) is 17.2 Å². The van der Waals surface area contributed by atoms with Crippen molar-refractivity contribution in [1.29, 1.82) is 0 Å². The Kier molecular flexibility index (Phi) is 12.0. The van der Waals surface area contributed by atoms with Gasteiger partial charge in [0.15, 0.2) is 17.2 Å². The van der Waals surface area contributed by atoms with Crippen LogP contribution in [0.25, 0.3) is 0 Å². The normalized spacial score (nSPS) is 17.5. The molecular weight excluding hydrogens is 626 g/mol. The maximum Gasteiger partial charge on any atom is 0.258 e. The number of para-hydroxylation sites is 3. The van der Waals surface area contributed by atoms with Crippen LogP contribution in [0.15, 0.2) is 60.7 Å². The molecule has 49 heavy (non-hydrogen) atoms. The first-order chi connectivity index (χ1) is 23.6. The summed E-state index contributed by atoms with van der Waals surface area (Å²) in [5, 5.41) is 15.8. The van der Waals surface area contributed by atoms with Crippen LogP contribution in [0.3, 0.4) is 0 Å². The van der Waals surface area contributed by atoms with Gasteiger partial charge in [-0.05, 0) is 68.8 Å². The molecule has 0 unspecified atom stereocenters. The molecule has 262 valence electrons. The number of nitrogens with zero attached hydrogens (tertiary/aromatic N) is 2. The van der Waals surface area contributed by atoms with E-state index in [1.165, 1.54) is 0 Å². The Balaban J connectivity index is 1.23. The first-order valence-electron chi connectivity index (χ1n) is 16.9. The summed E-state index contributed by atoms with van der Waals surface area (Å²) >= 11 is 0. The van der Waals surface area contributed by atoms with Gasteiger partial charge in [0.05, 0.1) is 35.3 Å². The van der Waals surface area contributed by atoms with E-state index in [0.717, 1.165) is 17.1 Å². The summed E-state index contributed by atoms with van der Waals surface area (Å²) in [7, 11) is 2.01. The summed E-state index contributed by atoms with van der Waals surface area (Å²) in [6, 6.07) is 17.8. The van der Waals surface area contributed by atoms with E-state index in [1.807, 2.05) is 51.2 Å². The van der Waals surface area contributed by atoms with E-state index >= 15 is 0 Å². The number of benzene rings is 3. The summed E-state index contributed by atoms with van der Waals surface area (Å²) < 4.78 is 17.7. The molecule has 0 bridgehead atoms. The molecule has 0 fully saturated rings. The van der Waals surface area contributed by atoms with Crippen LogP contribution in [0.1, 0.15) is 61.9 Å². The van der Waals surface area contributed by atoms with E-state index in [4.69, 9.17) is 19.9 Å². The van der Waals surface area contributed by atoms with E-state index in [1.54, 1.807) is 35.2 Å². The number of anilines is 3. The van der Waals surface area contributed by atoms with E-state index in [-0.39, 0.29) is 49.6 Å². The number of nitrogens with one attached hydrogen (secondary N) is 2. The molecule has 0 spiro atoms. The van der Waals surface area contributed by atoms with Crippen LogP contribution < -0.4 is 30.6 Å². The molecule has 5 N–H and O–H groups in total. The van der Waals surface area contributed by atoms with Crippen LogP contribution in [0.4, 0.5) is 17.1 Å². The Labute approximate surface area is 287 Å². The number of nitrogens with two attached hydrogens (primary N) is 1. The lowest BCUT2D eigenvalue weighted by Crippen LogP contribution is -2.49. The van der Waals surface area contributed by atoms with Crippen molar-refractivity contribution < 1.29 is 33.7 Å². The third kappa shape index (κ3) is 9.21. The standard InChI is InChI=1S/C37H47N5O7/c1-24-19-42(25(2)22-43)37(46)27-10-9-13-30(40-35(45)15-6-4-5-14-34(44)39-29-12-8-7-11-28(29)38)36(27)49-33(24)21-41(3)20-26-16-17-31-32(18-26)48-23-47-31/h7-13,16-18,24-25,33,43H,4-6,14-15,19-23,38H2,1-3H3,(H,39,44)(H,40,45)/t24-,25-,33+/m0/s1. The molecule has 5 rings (SSSR count). The fraction of sp³-hybridized carbons (Fsp3) is 0.432. The average molecular weight is 674 g/mol. The molecule has 0 saturated heterocycles. The van der Waals surface area contributed by atoms with E-state index < -0.39 is 6.04 Å². The number of aliphatic hydroxyl groups excluding tert-OH is 1. The Hall–Kier alpha value is -4.81. The lowest BCUT2D eigenvalue weighted by molar-refractivity contribution is -0.116. The Bertz CT molecular complexity index is 1630. The molecule has 3 aromatic carbocycles. The molecule has 2 heterocycles. The van der Waals surface area contributed by atoms with Crippen LogP contribution in [0, 0.1) is 5.92 Å². The zero-order valence-electron chi connectivity index (χ0n) is 28.4. The van der Waals surface area contributed by atoms with Crippen LogP contribution in [-0.4, -0.2) is 78.3 Å². The minimum absolute atomic E-state index is 0.0930. The number of unbranched alkanes of at least 4 members (excludes halogenated alkanes) is 2. The van der Waals surface area contributed by atoms with Gasteiger partial charge in [-0.15, -0.1) is 0 Å². The molecule has 2 aliphatic heterocycles. The second-order valence-electron chi connectivity index (χ2n) is 12.9. The summed E-state index contributed by atoms with van der Waals surface area (Å²) in [4.78, 5) is 43.1. The van der Waals surface area contributed by atoms with Gasteiger partial charge >= 0.3 is 0 Å². The van der Waals surface area contributed by atoms with Crippen LogP contribution >= 0.6 is 0 Å². The Morgan fingerprint density at radius 2 is 1.67 bits per heavy atom. The molecular formula is C37H47N5O7. The molecule has 0 radical (unpaired) electrons. The first-order valence-corrected chi connectivity index (χ1v) is 16.9. The van der Waals surface area contributed by atoms with Crippen molar-refractivity contribution in [2.45, 2.75) is 64.6 Å². The molecule has 12 nitrogen and oxygen atoms in total. The van der Waals surface area contributed by atoms with Gasteiger partial charge in [0.2, 0.25) is 18.6 Å². The van der Waals surface area contributed by atoms with Crippen molar-refractivity contribution in [3.05, 3.63) is 71.8 Å². The van der Waals surface area contributed by atoms with Gasteiger partial charge in [0.1, 0.15) is 6.10 Å². The third-order valence-corrected chi connectivity index (χ3v) is 8.89. The molecule has 2 aliphatic rings. The quantitative estimate of drug-likeness (QED) is 0.138. The van der Waals surface area contributed by atoms with Crippen molar-refractivity contribution in [2.75, 3.05) is 49.9 Å². The van der Waals surface area contributed by atoms with E-state index in [0.29, 0.717) is 73.7 Å². The zero-order chi connectivity index (χ0) is 34.9. The van der Waals surface area contributed by atoms with Crippen LogP contribution in [0.2, 0.25) is 0 Å². The van der Waals surface area contributed by atoms with E-state index in [9.17, 15) is 19.5 Å². The second kappa shape index (κ2) is 16.5. The van der Waals surface area contributed by atoms with Gasteiger partial charge in [0, 0.05) is 38.4 Å². The highest BCUT2D eigenvalue weighted by atomic mass is 16.7. The number of likely N-dealkylation sites (N-methyl/N-ethyl adjacent to an activating group) is 1. The minimum Gasteiger partial charge on any atom is -0.486 e. The number of aliphatic hydroxyl groups is 1. The number of hydrogen-bond acceptors (Lipinski definition) is 9. The van der Waals surface area contributed by atoms with Gasteiger partial charge in [-0.3, -0.25) is 19.3 Å². The van der Waals surface area contributed by atoms with Gasteiger partial charge in [-0.2, -0.15) is 0 Å². The topological polar surface area (TPSA) is 156 Å². The number of ether oxygens (including phenoxy) is 3. The third-order valence-electron chi connectivity index (χ3n) is 8.89. The second-order valence-corrected chi connectivity index (χ2v) is 12.9. The van der Waals surface area contributed by atoms with Crippen LogP contribution in [-0.2, 0) is 16.1 Å². The maximum atomic E-state index is 13.8. The average Bonchev–Trinajstić information content (AvgIpc) is 3.55. The highest BCUT2D eigenvalue weighted by molar-refractivity contribution is 6.01. The van der Waals surface area contributed by atoms with Crippen LogP contribution in [0.5, 0.6) is 17.2 Å². The summed E-state index contributed by atoms with van der Waals surface area (Å²) in [5.41, 5.74) is 8.82. The number of rotatable bonds is 14. The van der Waals surface area contributed by atoms with Gasteiger partial charge in [-0.25, -0.2) is 0 Å². The highest BCUT2D eigenvalue weighted by Crippen LogP contribution is 2.36. The molecule has 0 saturated carbocycles. The molecule has 3 atom stereocenters. The minimum atomic E-state index is -0.404. The number of nitrogen functional groups attached to an aromatic ring is 1. The molecule has 3 amide bonds. The van der Waals surface area contributed by atoms with Gasteiger partial charge < -0.3 is 40.6 Å². The molecule has 0 aliphatic carbocycles. The Morgan fingerprint density at radius 3 is 2.41 bits per heavy atom. The summed E-state index contributed by atoms with van der Waals surface area (Å²) in [6.07, 6.45) is 2.14. The smallest absolute Gasteiger partial charge is 0.258 e. The predicted molar refractivity (Wildman–Crippen MR) is 188 cm³/mol. The van der Waals surface area contributed by atoms with Crippen molar-refractivity contribution in [2.24, 2.45) is 5.92 Å². The van der Waals surface area contributed by atoms with E-state index in [2.05, 4.69) is 15.5 Å². The van der Waals surface area contributed by atoms with Crippen molar-refractivity contribution >= 4 is 34.8 Å². The number of carbonyl (C=O) groups excluding carboxylic acids is 3. The molecule has 12 heteroatoms. The van der Waals surface area contributed by atoms with Gasteiger partial charge in [-0.1, -0.05) is 37.6 Å². The van der Waals surface area contributed by atoms with Crippen molar-refractivity contribution in [3.63, 3.8) is 0 Å². The highest BCUT2D eigenvalue weighted by Gasteiger charge is 2.34. The fourth-order valence-electron chi connectivity index (χ4n) is 6.07. The monoisotopic (exact) mass is 673 g/mol. The molecule has 0 aromatic heterocycles. The summed E-state index contributed by atoms with van der Waals surface area (Å²) in [6.45, 7) is 5.46. The van der Waals surface area contributed by atoms with Gasteiger partial charge in [0.25, 0.3) is 5.91 Å². The lowest BCUT2D eigenvalue weighted by atomic mass is 9.98. The number of hydrogen-bond donors (Lipinski definition) is 4. The fourth-order valence-corrected chi connectivity index (χ4v) is 6.07. The number of fused-ring (bicyclic) bond motifs is 2. The predicted octanol–water partition coefficient (Wildman–Crippen LogP) is 4.88. The largest absolute Gasteiger partial charge is 0.486 e. The van der Waals surface area contributed by atoms with Crippen molar-refractivity contribution in [1.82, 2.24) is 9.80 Å². The number of carbonyl (C=O) groups is 3. The maximum absolute atomic E-state index is 13.8. The SMILES string of the molecule is C[C@H]1CN([C@@H](C)CO)C(=O)c2cccc(NC(=O)CCCCCC(=O)Nc3ccccc3N)c2O[C@@H]1CN(C)Cc1ccc2c(c1)OCO2. The lowest BCUT2D eigenvalue weighted by Gasteiger charge is -2.38. The first kappa shape index (κ1) is 35.5. The molecule has 3 aromatic rings. The zero-order valence-corrected chi connectivity index (χ0v) is 28.4. The Morgan fingerprint density at radius 1 is 0.980 bits per heavy atom. The summed E-state index contributed by atoms with van der Waals surface area (Å²) in [5.74, 6) is 1.09. The number of amides is 3.